The molecule has 10 heavy (non-hydrogen) atoms. The highest BCUT2D eigenvalue weighted by molar-refractivity contribution is 6.30. The topological polar surface area (TPSA) is 12.9 Å². The Bertz CT molecular complexity index is 270. The van der Waals surface area contributed by atoms with Gasteiger partial charge in [0.1, 0.15) is 11.0 Å². The highest BCUT2D eigenvalue weighted by Gasteiger charge is 2.02. The molecule has 0 unspecified atom stereocenters. The second-order valence-electron chi connectivity index (χ2n) is 1.60. The lowest BCUT2D eigenvalue weighted by molar-refractivity contribution is 0.622. The number of nitrogens with zero attached hydrogens (tertiary/aromatic N) is 1. The van der Waals surface area contributed by atoms with Crippen molar-refractivity contribution in [1.29, 1.82) is 0 Å². The minimum atomic E-state index is -0.512. The summed E-state index contributed by atoms with van der Waals surface area (Å²) in [5, 5.41) is 0.0301. The van der Waals surface area contributed by atoms with Crippen LogP contribution in [0.4, 0.5) is 4.39 Å². The van der Waals surface area contributed by atoms with Crippen molar-refractivity contribution in [3.05, 3.63) is 28.8 Å². The molecule has 0 aromatic carbocycles. The van der Waals surface area contributed by atoms with E-state index in [1.165, 1.54) is 12.3 Å². The summed E-state index contributed by atoms with van der Waals surface area (Å²) in [4.78, 5) is 3.59. The van der Waals surface area contributed by atoms with E-state index in [2.05, 4.69) is 10.9 Å². The monoisotopic (exact) mass is 155 g/mol. The summed E-state index contributed by atoms with van der Waals surface area (Å²) in [7, 11) is 0. The third-order valence-electron chi connectivity index (χ3n) is 0.998. The smallest absolute Gasteiger partial charge is 0.147 e. The predicted octanol–water partition coefficient (Wildman–Crippen LogP) is 1.86. The summed E-state index contributed by atoms with van der Waals surface area (Å²) in [5.41, 5.74) is 0.0177. The second kappa shape index (κ2) is 2.68. The molecule has 0 amide bonds. The van der Waals surface area contributed by atoms with E-state index in [-0.39, 0.29) is 10.7 Å². The quantitative estimate of drug-likeness (QED) is 0.412. The first-order valence-corrected chi connectivity index (χ1v) is 2.90. The van der Waals surface area contributed by atoms with Crippen LogP contribution in [0.1, 0.15) is 5.56 Å². The molecular weight excluding hydrogens is 153 g/mol. The number of halogens is 2. The van der Waals surface area contributed by atoms with Crippen molar-refractivity contribution >= 4 is 11.6 Å². The van der Waals surface area contributed by atoms with Gasteiger partial charge in [-0.05, 0) is 6.07 Å². The molecule has 0 N–H and O–H groups in total. The maximum absolute atomic E-state index is 12.6. The third kappa shape index (κ3) is 1.09. The van der Waals surface area contributed by atoms with Crippen molar-refractivity contribution in [2.75, 3.05) is 0 Å². The molecule has 1 heterocycles. The van der Waals surface area contributed by atoms with Gasteiger partial charge >= 0.3 is 0 Å². The average Bonchev–Trinajstić information content (AvgIpc) is 1.88. The highest BCUT2D eigenvalue weighted by atomic mass is 35.5. The third-order valence-corrected chi connectivity index (χ3v) is 1.28. The zero-order valence-corrected chi connectivity index (χ0v) is 5.69. The van der Waals surface area contributed by atoms with Crippen LogP contribution in [0.3, 0.4) is 0 Å². The Balaban J connectivity index is 3.34. The van der Waals surface area contributed by atoms with Crippen LogP contribution in [0.5, 0.6) is 0 Å². The maximum Gasteiger partial charge on any atom is 0.147 e. The standard InChI is InChI=1S/C7H3ClFN/c1-2-5-6(9)3-4-10-7(5)8/h1,3-4H. The van der Waals surface area contributed by atoms with E-state index in [1.807, 2.05) is 0 Å². The molecule has 0 saturated carbocycles. The van der Waals surface area contributed by atoms with Gasteiger partial charge in [0.05, 0.1) is 5.56 Å². The molecule has 0 fully saturated rings. The Labute approximate surface area is 62.8 Å². The van der Waals surface area contributed by atoms with Crippen molar-refractivity contribution in [1.82, 2.24) is 4.98 Å². The molecule has 0 radical (unpaired) electrons. The molecule has 0 saturated heterocycles. The zero-order valence-electron chi connectivity index (χ0n) is 4.94. The minimum absolute atomic E-state index is 0.0177. The van der Waals surface area contributed by atoms with Crippen LogP contribution in [0.15, 0.2) is 12.3 Å². The van der Waals surface area contributed by atoms with Gasteiger partial charge < -0.3 is 0 Å². The molecule has 0 atom stereocenters. The number of terminal acetylenes is 1. The van der Waals surface area contributed by atoms with Crippen LogP contribution in [0.25, 0.3) is 0 Å². The minimum Gasteiger partial charge on any atom is -0.243 e. The van der Waals surface area contributed by atoms with Gasteiger partial charge in [0, 0.05) is 6.20 Å². The van der Waals surface area contributed by atoms with Gasteiger partial charge in [-0.25, -0.2) is 9.37 Å². The molecule has 1 aromatic rings. The average molecular weight is 156 g/mol. The number of aromatic nitrogens is 1. The molecular formula is C7H3ClFN. The first kappa shape index (κ1) is 7.04. The predicted molar refractivity (Wildman–Crippen MR) is 37.1 cm³/mol. The van der Waals surface area contributed by atoms with Crippen molar-refractivity contribution in [3.8, 4) is 12.3 Å². The number of hydrogen-bond acceptors (Lipinski definition) is 1. The van der Waals surface area contributed by atoms with Gasteiger partial charge in [0.2, 0.25) is 0 Å². The number of rotatable bonds is 0. The normalized spacial score (nSPS) is 8.90. The summed E-state index contributed by atoms with van der Waals surface area (Å²) in [6, 6.07) is 1.17. The fraction of sp³-hybridized carbons (Fsp3) is 0. The van der Waals surface area contributed by atoms with Gasteiger partial charge in [0.25, 0.3) is 0 Å². The Kier molecular flexibility index (Phi) is 1.88. The van der Waals surface area contributed by atoms with E-state index in [0.29, 0.717) is 0 Å². The fourth-order valence-corrected chi connectivity index (χ4v) is 0.744. The van der Waals surface area contributed by atoms with E-state index < -0.39 is 5.82 Å². The number of pyridine rings is 1. The van der Waals surface area contributed by atoms with Gasteiger partial charge in [-0.3, -0.25) is 0 Å². The first-order chi connectivity index (χ1) is 4.75. The van der Waals surface area contributed by atoms with Crippen LogP contribution in [0.2, 0.25) is 5.15 Å². The lowest BCUT2D eigenvalue weighted by atomic mass is 10.3. The van der Waals surface area contributed by atoms with E-state index in [1.54, 1.807) is 0 Å². The largest absolute Gasteiger partial charge is 0.243 e. The summed E-state index contributed by atoms with van der Waals surface area (Å²) in [6.07, 6.45) is 6.20. The number of hydrogen-bond donors (Lipinski definition) is 0. The van der Waals surface area contributed by atoms with Crippen LogP contribution in [0, 0.1) is 18.2 Å². The van der Waals surface area contributed by atoms with Crippen LogP contribution in [-0.2, 0) is 0 Å². The van der Waals surface area contributed by atoms with Gasteiger partial charge in [-0.2, -0.15) is 0 Å². The Morgan fingerprint density at radius 3 is 2.80 bits per heavy atom. The van der Waals surface area contributed by atoms with E-state index in [4.69, 9.17) is 18.0 Å². The molecule has 3 heteroatoms. The zero-order chi connectivity index (χ0) is 7.56. The molecule has 1 nitrogen and oxygen atoms in total. The highest BCUT2D eigenvalue weighted by Crippen LogP contribution is 2.13. The second-order valence-corrected chi connectivity index (χ2v) is 1.96. The van der Waals surface area contributed by atoms with Crippen LogP contribution in [-0.4, -0.2) is 4.98 Å². The molecule has 50 valence electrons. The molecule has 1 aromatic heterocycles. The SMILES string of the molecule is C#Cc1c(F)ccnc1Cl. The van der Waals surface area contributed by atoms with Gasteiger partial charge in [0.15, 0.2) is 0 Å². The Hall–Kier alpha value is -1.07. The molecule has 0 bridgehead atoms. The molecule has 0 aliphatic heterocycles. The van der Waals surface area contributed by atoms with Gasteiger partial charge in [-0.1, -0.05) is 17.5 Å². The molecule has 0 aliphatic carbocycles. The van der Waals surface area contributed by atoms with Crippen molar-refractivity contribution in [2.45, 2.75) is 0 Å². The Morgan fingerprint density at radius 1 is 1.70 bits per heavy atom. The summed E-state index contributed by atoms with van der Waals surface area (Å²) in [6.45, 7) is 0. The van der Waals surface area contributed by atoms with E-state index in [9.17, 15) is 4.39 Å². The molecule has 1 rings (SSSR count). The van der Waals surface area contributed by atoms with E-state index >= 15 is 0 Å². The van der Waals surface area contributed by atoms with Crippen molar-refractivity contribution in [2.24, 2.45) is 0 Å². The first-order valence-electron chi connectivity index (χ1n) is 2.52. The van der Waals surface area contributed by atoms with E-state index in [0.717, 1.165) is 0 Å². The maximum atomic E-state index is 12.6. The summed E-state index contributed by atoms with van der Waals surface area (Å²) >= 11 is 5.44. The van der Waals surface area contributed by atoms with Crippen LogP contribution < -0.4 is 0 Å². The van der Waals surface area contributed by atoms with Crippen LogP contribution >= 0.6 is 11.6 Å². The Morgan fingerprint density at radius 2 is 2.40 bits per heavy atom. The molecule has 0 spiro atoms. The summed E-state index contributed by atoms with van der Waals surface area (Å²) < 4.78 is 12.6. The lowest BCUT2D eigenvalue weighted by Crippen LogP contribution is -1.86. The van der Waals surface area contributed by atoms with Crippen molar-refractivity contribution in [3.63, 3.8) is 0 Å². The lowest BCUT2D eigenvalue weighted by Gasteiger charge is -1.93. The molecule has 0 aliphatic rings. The van der Waals surface area contributed by atoms with Crippen molar-refractivity contribution < 1.29 is 4.39 Å². The summed E-state index contributed by atoms with van der Waals surface area (Å²) in [5.74, 6) is 1.58. The fourth-order valence-electron chi connectivity index (χ4n) is 0.543. The van der Waals surface area contributed by atoms with Gasteiger partial charge in [-0.15, -0.1) is 6.42 Å².